The fraction of sp³-hybridized carbons (Fsp3) is 0.846. The van der Waals surface area contributed by atoms with Gasteiger partial charge in [-0.25, -0.2) is 0 Å². The van der Waals surface area contributed by atoms with Gasteiger partial charge in [-0.3, -0.25) is 0 Å². The van der Waals surface area contributed by atoms with E-state index in [2.05, 4.69) is 29.3 Å². The van der Waals surface area contributed by atoms with E-state index in [4.69, 9.17) is 4.52 Å². The number of aromatic nitrogens is 2. The van der Waals surface area contributed by atoms with E-state index in [0.29, 0.717) is 12.0 Å². The Morgan fingerprint density at radius 2 is 2.28 bits per heavy atom. The Balaban J connectivity index is 1.71. The van der Waals surface area contributed by atoms with Gasteiger partial charge in [0.25, 0.3) is 0 Å². The van der Waals surface area contributed by atoms with Gasteiger partial charge in [-0.15, -0.1) is 0 Å². The van der Waals surface area contributed by atoms with Crippen LogP contribution < -0.4 is 5.32 Å². The molecule has 1 saturated carbocycles. The molecule has 0 spiro atoms. The first-order valence-corrected chi connectivity index (χ1v) is 8.03. The third-order valence-corrected chi connectivity index (χ3v) is 5.23. The van der Waals surface area contributed by atoms with Crippen molar-refractivity contribution in [3.05, 3.63) is 11.7 Å². The molecule has 2 unspecified atom stereocenters. The summed E-state index contributed by atoms with van der Waals surface area (Å²) in [5.41, 5.74) is 0.208. The van der Waals surface area contributed by atoms with Gasteiger partial charge in [-0.2, -0.15) is 16.7 Å². The predicted molar refractivity (Wildman–Crippen MR) is 73.0 cm³/mol. The summed E-state index contributed by atoms with van der Waals surface area (Å²) < 4.78 is 5.51. The summed E-state index contributed by atoms with van der Waals surface area (Å²) in [4.78, 5) is 4.65. The van der Waals surface area contributed by atoms with Crippen LogP contribution in [0.2, 0.25) is 0 Å². The SMILES string of the molecule is CCCNC1CSCC1c1nc(C2(C)CC2)no1. The van der Waals surface area contributed by atoms with Crippen LogP contribution in [-0.2, 0) is 5.41 Å². The molecule has 3 rings (SSSR count). The van der Waals surface area contributed by atoms with Gasteiger partial charge >= 0.3 is 0 Å². The lowest BCUT2D eigenvalue weighted by Crippen LogP contribution is -2.34. The molecule has 1 aliphatic carbocycles. The zero-order valence-corrected chi connectivity index (χ0v) is 11.9. The van der Waals surface area contributed by atoms with E-state index >= 15 is 0 Å². The van der Waals surface area contributed by atoms with Crippen molar-refractivity contribution in [1.29, 1.82) is 0 Å². The summed E-state index contributed by atoms with van der Waals surface area (Å²) >= 11 is 1.98. The molecular weight excluding hydrogens is 246 g/mol. The van der Waals surface area contributed by atoms with Crippen molar-refractivity contribution in [3.63, 3.8) is 0 Å². The number of hydrogen-bond donors (Lipinski definition) is 1. The normalized spacial score (nSPS) is 29.7. The Labute approximate surface area is 112 Å². The van der Waals surface area contributed by atoms with Crippen molar-refractivity contribution in [2.24, 2.45) is 0 Å². The number of hydrogen-bond acceptors (Lipinski definition) is 5. The number of thioether (sulfide) groups is 1. The molecule has 100 valence electrons. The molecule has 0 aromatic carbocycles. The molecule has 1 saturated heterocycles. The van der Waals surface area contributed by atoms with Gasteiger partial charge in [-0.1, -0.05) is 19.0 Å². The number of nitrogens with one attached hydrogen (secondary N) is 1. The number of rotatable bonds is 5. The molecule has 18 heavy (non-hydrogen) atoms. The lowest BCUT2D eigenvalue weighted by atomic mass is 10.0. The van der Waals surface area contributed by atoms with Crippen molar-refractivity contribution >= 4 is 11.8 Å². The molecule has 2 atom stereocenters. The molecule has 1 aromatic heterocycles. The van der Waals surface area contributed by atoms with Crippen molar-refractivity contribution < 1.29 is 4.52 Å². The first kappa shape index (κ1) is 12.5. The Bertz CT molecular complexity index is 416. The molecule has 0 bridgehead atoms. The van der Waals surface area contributed by atoms with Crippen LogP contribution in [0.3, 0.4) is 0 Å². The Morgan fingerprint density at radius 1 is 1.44 bits per heavy atom. The van der Waals surface area contributed by atoms with Gasteiger partial charge < -0.3 is 9.84 Å². The highest BCUT2D eigenvalue weighted by Crippen LogP contribution is 2.46. The molecule has 0 amide bonds. The molecule has 4 nitrogen and oxygen atoms in total. The minimum Gasteiger partial charge on any atom is -0.339 e. The van der Waals surface area contributed by atoms with E-state index in [1.807, 2.05) is 11.8 Å². The molecule has 2 heterocycles. The topological polar surface area (TPSA) is 51.0 Å². The fourth-order valence-corrected chi connectivity index (χ4v) is 3.74. The Hall–Kier alpha value is -0.550. The highest BCUT2D eigenvalue weighted by Gasteiger charge is 2.44. The summed E-state index contributed by atoms with van der Waals surface area (Å²) in [7, 11) is 0. The van der Waals surface area contributed by atoms with Crippen LogP contribution in [0.25, 0.3) is 0 Å². The quantitative estimate of drug-likeness (QED) is 0.887. The van der Waals surface area contributed by atoms with E-state index in [1.54, 1.807) is 0 Å². The largest absolute Gasteiger partial charge is 0.339 e. The smallest absolute Gasteiger partial charge is 0.232 e. The lowest BCUT2D eigenvalue weighted by molar-refractivity contribution is 0.334. The van der Waals surface area contributed by atoms with E-state index in [0.717, 1.165) is 29.8 Å². The maximum absolute atomic E-state index is 5.51. The standard InChI is InChI=1S/C13H21N3OS/c1-3-6-14-10-8-18-7-9(10)11-15-12(16-17-11)13(2)4-5-13/h9-10,14H,3-8H2,1-2H3. The molecule has 5 heteroatoms. The molecule has 2 aliphatic rings. The Morgan fingerprint density at radius 3 is 3.00 bits per heavy atom. The molecule has 1 N–H and O–H groups in total. The number of nitrogens with zero attached hydrogens (tertiary/aromatic N) is 2. The van der Waals surface area contributed by atoms with Gasteiger partial charge in [0.1, 0.15) is 0 Å². The Kier molecular flexibility index (Phi) is 3.36. The predicted octanol–water partition coefficient (Wildman–Crippen LogP) is 2.32. The van der Waals surface area contributed by atoms with Crippen LogP contribution in [0.15, 0.2) is 4.52 Å². The van der Waals surface area contributed by atoms with Gasteiger partial charge in [0.2, 0.25) is 5.89 Å². The highest BCUT2D eigenvalue weighted by atomic mass is 32.2. The van der Waals surface area contributed by atoms with E-state index in [1.165, 1.54) is 19.3 Å². The molecule has 1 aromatic rings. The zero-order valence-electron chi connectivity index (χ0n) is 11.1. The average Bonchev–Trinajstić information content (AvgIpc) is 2.87. The van der Waals surface area contributed by atoms with Crippen LogP contribution in [0.5, 0.6) is 0 Å². The van der Waals surface area contributed by atoms with Gasteiger partial charge in [0.15, 0.2) is 5.82 Å². The first-order chi connectivity index (χ1) is 8.73. The van der Waals surface area contributed by atoms with Crippen molar-refractivity contribution in [1.82, 2.24) is 15.5 Å². The fourth-order valence-electron chi connectivity index (χ4n) is 2.37. The summed E-state index contributed by atoms with van der Waals surface area (Å²) in [6.07, 6.45) is 3.56. The second-order valence-corrected chi connectivity index (χ2v) is 6.80. The molecule has 2 fully saturated rings. The second-order valence-electron chi connectivity index (χ2n) is 5.72. The van der Waals surface area contributed by atoms with Crippen molar-refractivity contribution in [3.8, 4) is 0 Å². The summed E-state index contributed by atoms with van der Waals surface area (Å²) in [5.74, 6) is 4.41. The average molecular weight is 267 g/mol. The third kappa shape index (κ3) is 2.30. The van der Waals surface area contributed by atoms with E-state index in [-0.39, 0.29) is 5.41 Å². The second kappa shape index (κ2) is 4.85. The maximum atomic E-state index is 5.51. The van der Waals surface area contributed by atoms with Crippen LogP contribution in [0.1, 0.15) is 50.7 Å². The van der Waals surface area contributed by atoms with Crippen LogP contribution in [0, 0.1) is 0 Å². The van der Waals surface area contributed by atoms with E-state index < -0.39 is 0 Å². The van der Waals surface area contributed by atoms with Gasteiger partial charge in [0, 0.05) is 23.0 Å². The minimum absolute atomic E-state index is 0.208. The van der Waals surface area contributed by atoms with Gasteiger partial charge in [0.05, 0.1) is 5.92 Å². The van der Waals surface area contributed by atoms with Crippen molar-refractivity contribution in [2.45, 2.75) is 50.5 Å². The summed E-state index contributed by atoms with van der Waals surface area (Å²) in [6, 6.07) is 0.496. The highest BCUT2D eigenvalue weighted by molar-refractivity contribution is 7.99. The minimum atomic E-state index is 0.208. The van der Waals surface area contributed by atoms with Crippen LogP contribution in [-0.4, -0.2) is 34.2 Å². The lowest BCUT2D eigenvalue weighted by Gasteiger charge is -2.16. The first-order valence-electron chi connectivity index (χ1n) is 6.88. The van der Waals surface area contributed by atoms with E-state index in [9.17, 15) is 0 Å². The monoisotopic (exact) mass is 267 g/mol. The van der Waals surface area contributed by atoms with Crippen molar-refractivity contribution in [2.75, 3.05) is 18.1 Å². The zero-order chi connectivity index (χ0) is 12.6. The molecular formula is C13H21N3OS. The molecule has 0 radical (unpaired) electrons. The van der Waals surface area contributed by atoms with Crippen LogP contribution >= 0.6 is 11.8 Å². The summed E-state index contributed by atoms with van der Waals surface area (Å²) in [6.45, 7) is 5.49. The van der Waals surface area contributed by atoms with Gasteiger partial charge in [-0.05, 0) is 25.8 Å². The molecule has 1 aliphatic heterocycles. The maximum Gasteiger partial charge on any atom is 0.232 e. The third-order valence-electron chi connectivity index (χ3n) is 4.04. The van der Waals surface area contributed by atoms with Crippen LogP contribution in [0.4, 0.5) is 0 Å². The summed E-state index contributed by atoms with van der Waals surface area (Å²) in [5, 5.41) is 7.78.